The molecule has 1 aromatic rings. The molecule has 0 aliphatic carbocycles. The van der Waals surface area contributed by atoms with Crippen molar-refractivity contribution >= 4 is 5.91 Å². The first-order valence-corrected chi connectivity index (χ1v) is 8.12. The Kier molecular flexibility index (Phi) is 6.95. The van der Waals surface area contributed by atoms with Gasteiger partial charge in [-0.15, -0.1) is 0 Å². The Morgan fingerprint density at radius 1 is 1.36 bits per heavy atom. The van der Waals surface area contributed by atoms with Crippen molar-refractivity contribution in [2.75, 3.05) is 27.4 Å². The quantitative estimate of drug-likeness (QED) is 0.807. The number of amides is 1. The molecular formula is C17H24F2N2O4. The highest BCUT2D eigenvalue weighted by molar-refractivity contribution is 5.81. The van der Waals surface area contributed by atoms with Crippen LogP contribution in [0.4, 0.5) is 8.78 Å². The van der Waals surface area contributed by atoms with Crippen LogP contribution in [0.3, 0.4) is 0 Å². The number of alkyl halides is 2. The molecular weight excluding hydrogens is 334 g/mol. The maximum Gasteiger partial charge on any atom is 0.387 e. The van der Waals surface area contributed by atoms with Gasteiger partial charge < -0.3 is 24.8 Å². The monoisotopic (exact) mass is 358 g/mol. The van der Waals surface area contributed by atoms with E-state index in [1.54, 1.807) is 13.1 Å². The zero-order chi connectivity index (χ0) is 18.4. The van der Waals surface area contributed by atoms with Crippen molar-refractivity contribution in [1.29, 1.82) is 0 Å². The molecule has 25 heavy (non-hydrogen) atoms. The molecule has 0 radical (unpaired) electrons. The maximum atomic E-state index is 12.5. The Bertz CT molecular complexity index is 580. The van der Waals surface area contributed by atoms with Crippen molar-refractivity contribution in [2.24, 2.45) is 11.7 Å². The Morgan fingerprint density at radius 2 is 2.04 bits per heavy atom. The predicted octanol–water partition coefficient (Wildman–Crippen LogP) is 2.01. The van der Waals surface area contributed by atoms with E-state index in [1.165, 1.54) is 24.1 Å². The summed E-state index contributed by atoms with van der Waals surface area (Å²) in [4.78, 5) is 14.0. The molecule has 0 bridgehead atoms. The smallest absolute Gasteiger partial charge is 0.387 e. The summed E-state index contributed by atoms with van der Waals surface area (Å²) >= 11 is 0. The van der Waals surface area contributed by atoms with Crippen molar-refractivity contribution in [2.45, 2.75) is 32.0 Å². The van der Waals surface area contributed by atoms with Gasteiger partial charge in [-0.3, -0.25) is 4.79 Å². The molecule has 1 amide bonds. The second-order valence-electron chi connectivity index (χ2n) is 6.03. The van der Waals surface area contributed by atoms with E-state index in [2.05, 4.69) is 4.74 Å². The molecule has 2 N–H and O–H groups in total. The lowest BCUT2D eigenvalue weighted by molar-refractivity contribution is -0.133. The third kappa shape index (κ3) is 5.27. The van der Waals surface area contributed by atoms with Gasteiger partial charge in [-0.25, -0.2) is 0 Å². The van der Waals surface area contributed by atoms with Gasteiger partial charge in [0, 0.05) is 26.8 Å². The lowest BCUT2D eigenvalue weighted by atomic mass is 9.91. The minimum Gasteiger partial charge on any atom is -0.493 e. The summed E-state index contributed by atoms with van der Waals surface area (Å²) in [6, 6.07) is 4.07. The van der Waals surface area contributed by atoms with Crippen LogP contribution >= 0.6 is 0 Å². The van der Waals surface area contributed by atoms with E-state index in [4.69, 9.17) is 15.2 Å². The minimum atomic E-state index is -2.95. The number of rotatable bonds is 7. The number of likely N-dealkylation sites (N-methyl/N-ethyl adjacent to an activating group) is 1. The van der Waals surface area contributed by atoms with Crippen LogP contribution in [0.5, 0.6) is 11.5 Å². The van der Waals surface area contributed by atoms with Crippen LogP contribution in [0, 0.1) is 5.92 Å². The molecule has 8 heteroatoms. The SMILES string of the molecule is COc1ccc(CN(C)C(=O)C(N)C2CCOCC2)cc1OC(F)F. The highest BCUT2D eigenvalue weighted by Gasteiger charge is 2.28. The van der Waals surface area contributed by atoms with E-state index >= 15 is 0 Å². The van der Waals surface area contributed by atoms with Crippen LogP contribution in [-0.2, 0) is 16.1 Å². The molecule has 1 atom stereocenters. The fourth-order valence-electron chi connectivity index (χ4n) is 2.89. The summed E-state index contributed by atoms with van der Waals surface area (Å²) in [5.74, 6) is 0.0536. The summed E-state index contributed by atoms with van der Waals surface area (Å²) in [5, 5.41) is 0. The summed E-state index contributed by atoms with van der Waals surface area (Å²) in [5.41, 5.74) is 6.74. The van der Waals surface area contributed by atoms with Crippen molar-refractivity contribution in [1.82, 2.24) is 4.90 Å². The predicted molar refractivity (Wildman–Crippen MR) is 87.6 cm³/mol. The molecule has 1 aromatic carbocycles. The van der Waals surface area contributed by atoms with Crippen LogP contribution < -0.4 is 15.2 Å². The number of nitrogens with zero attached hydrogens (tertiary/aromatic N) is 1. The Labute approximate surface area is 145 Å². The van der Waals surface area contributed by atoms with E-state index in [1.807, 2.05) is 0 Å². The topological polar surface area (TPSA) is 74.0 Å². The highest BCUT2D eigenvalue weighted by Crippen LogP contribution is 2.30. The standard InChI is InChI=1S/C17H24F2N2O4/c1-21(16(22)15(20)12-5-7-24-8-6-12)10-11-3-4-13(23-2)14(9-11)25-17(18)19/h3-4,9,12,15,17H,5-8,10,20H2,1-2H3. The third-order valence-electron chi connectivity index (χ3n) is 4.30. The van der Waals surface area contributed by atoms with Gasteiger partial charge in [0.15, 0.2) is 11.5 Å². The molecule has 1 fully saturated rings. The molecule has 1 heterocycles. The van der Waals surface area contributed by atoms with Crippen LogP contribution in [-0.4, -0.2) is 50.8 Å². The minimum absolute atomic E-state index is 0.0652. The molecule has 1 unspecified atom stereocenters. The number of carbonyl (C=O) groups excluding carboxylic acids is 1. The fourth-order valence-corrected chi connectivity index (χ4v) is 2.89. The van der Waals surface area contributed by atoms with Gasteiger partial charge in [0.1, 0.15) is 0 Å². The maximum absolute atomic E-state index is 12.5. The summed E-state index contributed by atoms with van der Waals surface area (Å²) < 4.78 is 39.8. The first-order valence-electron chi connectivity index (χ1n) is 8.12. The number of halogens is 2. The van der Waals surface area contributed by atoms with E-state index in [-0.39, 0.29) is 29.9 Å². The van der Waals surface area contributed by atoms with Crippen molar-refractivity contribution in [3.63, 3.8) is 0 Å². The summed E-state index contributed by atoms with van der Waals surface area (Å²) in [7, 11) is 3.01. The molecule has 1 saturated heterocycles. The molecule has 0 aromatic heterocycles. The van der Waals surface area contributed by atoms with Crippen LogP contribution in [0.2, 0.25) is 0 Å². The van der Waals surface area contributed by atoms with Gasteiger partial charge in [-0.05, 0) is 36.5 Å². The molecule has 0 spiro atoms. The van der Waals surface area contributed by atoms with Crippen molar-refractivity contribution < 1.29 is 27.8 Å². The molecule has 1 aliphatic heterocycles. The number of methoxy groups -OCH3 is 1. The number of hydrogen-bond acceptors (Lipinski definition) is 5. The first kappa shape index (κ1) is 19.4. The summed E-state index contributed by atoms with van der Waals surface area (Å²) in [6.45, 7) is -1.49. The molecule has 6 nitrogen and oxygen atoms in total. The van der Waals surface area contributed by atoms with Crippen molar-refractivity contribution in [3.05, 3.63) is 23.8 Å². The van der Waals surface area contributed by atoms with Crippen LogP contribution in [0.1, 0.15) is 18.4 Å². The Morgan fingerprint density at radius 3 is 2.64 bits per heavy atom. The number of nitrogens with two attached hydrogens (primary N) is 1. The molecule has 140 valence electrons. The second-order valence-corrected chi connectivity index (χ2v) is 6.03. The second kappa shape index (κ2) is 8.96. The van der Waals surface area contributed by atoms with Gasteiger partial charge in [-0.1, -0.05) is 6.07 Å². The number of carbonyl (C=O) groups is 1. The lowest BCUT2D eigenvalue weighted by Gasteiger charge is -2.30. The highest BCUT2D eigenvalue weighted by atomic mass is 19.3. The van der Waals surface area contributed by atoms with Gasteiger partial charge in [0.2, 0.25) is 5.91 Å². The number of benzene rings is 1. The zero-order valence-corrected chi connectivity index (χ0v) is 14.4. The number of ether oxygens (including phenoxy) is 3. The molecule has 1 aliphatic rings. The van der Waals surface area contributed by atoms with E-state index in [9.17, 15) is 13.6 Å². The lowest BCUT2D eigenvalue weighted by Crippen LogP contribution is -2.47. The normalized spacial score (nSPS) is 16.6. The third-order valence-corrected chi connectivity index (χ3v) is 4.30. The first-order chi connectivity index (χ1) is 11.9. The van der Waals surface area contributed by atoms with E-state index in [0.29, 0.717) is 18.8 Å². The van der Waals surface area contributed by atoms with Gasteiger partial charge in [0.05, 0.1) is 13.2 Å². The average molecular weight is 358 g/mol. The van der Waals surface area contributed by atoms with Crippen LogP contribution in [0.15, 0.2) is 18.2 Å². The largest absolute Gasteiger partial charge is 0.493 e. The summed E-state index contributed by atoms with van der Waals surface area (Å²) in [6.07, 6.45) is 1.52. The van der Waals surface area contributed by atoms with E-state index < -0.39 is 12.7 Å². The van der Waals surface area contributed by atoms with Crippen LogP contribution in [0.25, 0.3) is 0 Å². The van der Waals surface area contributed by atoms with Crippen molar-refractivity contribution in [3.8, 4) is 11.5 Å². The fraction of sp³-hybridized carbons (Fsp3) is 0.588. The molecule has 0 saturated carbocycles. The van der Waals surface area contributed by atoms with E-state index in [0.717, 1.165) is 12.8 Å². The Hall–Kier alpha value is -1.93. The average Bonchev–Trinajstić information content (AvgIpc) is 2.61. The van der Waals surface area contributed by atoms with Gasteiger partial charge in [0.25, 0.3) is 0 Å². The molecule has 2 rings (SSSR count). The Balaban J connectivity index is 2.03. The number of hydrogen-bond donors (Lipinski definition) is 1. The van der Waals surface area contributed by atoms with Gasteiger partial charge >= 0.3 is 6.61 Å². The zero-order valence-electron chi connectivity index (χ0n) is 14.4. The van der Waals surface area contributed by atoms with Gasteiger partial charge in [-0.2, -0.15) is 8.78 Å².